The molecule has 0 unspecified atom stereocenters. The fraction of sp³-hybridized carbons (Fsp3) is 0.917. The van der Waals surface area contributed by atoms with E-state index < -0.39 is 0 Å². The Labute approximate surface area is 157 Å². The fourth-order valence-corrected chi connectivity index (χ4v) is 2.36. The third-order valence-corrected chi connectivity index (χ3v) is 3.79. The van der Waals surface area contributed by atoms with Crippen LogP contribution in [0, 0.1) is 5.92 Å². The van der Waals surface area contributed by atoms with Crippen LogP contribution in [0.15, 0.2) is 12.2 Å². The summed E-state index contributed by atoms with van der Waals surface area (Å²) in [6, 6.07) is 0. The van der Waals surface area contributed by atoms with Crippen LogP contribution in [-0.4, -0.2) is 0 Å². The minimum Gasteiger partial charge on any atom is -0.100 e. The van der Waals surface area contributed by atoms with Crippen molar-refractivity contribution in [2.45, 2.75) is 139 Å². The highest BCUT2D eigenvalue weighted by atomic mass is 14.1. The zero-order valence-corrected chi connectivity index (χ0v) is 19.3. The first kappa shape index (κ1) is 31.5. The fourth-order valence-electron chi connectivity index (χ4n) is 2.36. The van der Waals surface area contributed by atoms with Crippen LogP contribution in [0.5, 0.6) is 0 Å². The Bertz CT molecular complexity index is 172. The van der Waals surface area contributed by atoms with E-state index >= 15 is 0 Å². The monoisotopic (exact) mass is 342 g/mol. The maximum absolute atomic E-state index is 3.74. The van der Waals surface area contributed by atoms with Crippen molar-refractivity contribution in [1.82, 2.24) is 0 Å². The topological polar surface area (TPSA) is 0 Å². The maximum Gasteiger partial charge on any atom is -0.0328 e. The van der Waals surface area contributed by atoms with Crippen molar-refractivity contribution in [3.8, 4) is 0 Å². The van der Waals surface area contributed by atoms with Crippen molar-refractivity contribution in [3.05, 3.63) is 12.2 Å². The highest BCUT2D eigenvalue weighted by molar-refractivity contribution is 4.86. The van der Waals surface area contributed by atoms with Gasteiger partial charge < -0.3 is 0 Å². The maximum atomic E-state index is 3.74. The van der Waals surface area contributed by atoms with E-state index in [-0.39, 0.29) is 0 Å². The van der Waals surface area contributed by atoms with Gasteiger partial charge in [0.25, 0.3) is 0 Å². The van der Waals surface area contributed by atoms with Gasteiger partial charge in [0.05, 0.1) is 0 Å². The second-order valence-corrected chi connectivity index (χ2v) is 6.65. The van der Waals surface area contributed by atoms with Gasteiger partial charge in [-0.05, 0) is 19.3 Å². The molecule has 0 spiro atoms. The molecule has 24 heavy (non-hydrogen) atoms. The molecule has 0 aliphatic rings. The van der Waals surface area contributed by atoms with E-state index in [4.69, 9.17) is 0 Å². The third-order valence-electron chi connectivity index (χ3n) is 3.79. The number of hydrogen-bond acceptors (Lipinski definition) is 0. The van der Waals surface area contributed by atoms with Crippen LogP contribution in [0.1, 0.15) is 139 Å². The summed E-state index contributed by atoms with van der Waals surface area (Å²) in [5.74, 6) is 1.03. The molecule has 0 aromatic rings. The van der Waals surface area contributed by atoms with Crippen LogP contribution in [0.3, 0.4) is 0 Å². The number of hydrogen-bond donors (Lipinski definition) is 0. The Hall–Kier alpha value is -0.260. The van der Waals surface area contributed by atoms with Gasteiger partial charge in [-0.1, -0.05) is 132 Å². The summed E-state index contributed by atoms with van der Waals surface area (Å²) < 4.78 is 0. The molecule has 0 aliphatic carbocycles. The molecule has 0 aliphatic heterocycles. The van der Waals surface area contributed by atoms with Crippen molar-refractivity contribution < 1.29 is 0 Å². The van der Waals surface area contributed by atoms with Crippen molar-refractivity contribution in [2.24, 2.45) is 5.92 Å². The third kappa shape index (κ3) is 43.0. The van der Waals surface area contributed by atoms with Crippen molar-refractivity contribution >= 4 is 0 Å². The first-order valence-corrected chi connectivity index (χ1v) is 11.2. The molecule has 0 rings (SSSR count). The largest absolute Gasteiger partial charge is 0.100 e. The standard InChI is InChI=1S/C12H26.C6H12.C4H10.C2H6/c1-4-7-8-11-12(9-5-2)10-6-3;1-4-5-6(2)3;1-3-4-2;1-2/h12H,4-11H2,1-3H3;2,4-5H2,1,3H3;3-4H2,1-2H3;1-2H3. The van der Waals surface area contributed by atoms with E-state index in [2.05, 4.69) is 55.0 Å². The molecule has 0 aromatic carbocycles. The average molecular weight is 343 g/mol. The molecule has 0 aromatic heterocycles. The van der Waals surface area contributed by atoms with Gasteiger partial charge in [0.1, 0.15) is 0 Å². The molecular formula is C24H54. The molecule has 0 nitrogen and oxygen atoms in total. The van der Waals surface area contributed by atoms with Gasteiger partial charge in [0.15, 0.2) is 0 Å². The molecule has 0 atom stereocenters. The molecule has 0 bridgehead atoms. The zero-order valence-electron chi connectivity index (χ0n) is 19.3. The lowest BCUT2D eigenvalue weighted by atomic mass is 9.92. The lowest BCUT2D eigenvalue weighted by molar-refractivity contribution is 0.394. The van der Waals surface area contributed by atoms with E-state index in [1.54, 1.807) is 0 Å². The molecule has 0 radical (unpaired) electrons. The Morgan fingerprint density at radius 3 is 1.29 bits per heavy atom. The van der Waals surface area contributed by atoms with Gasteiger partial charge in [-0.2, -0.15) is 0 Å². The average Bonchev–Trinajstić information content (AvgIpc) is 2.58. The summed E-state index contributed by atoms with van der Waals surface area (Å²) in [7, 11) is 0. The lowest BCUT2D eigenvalue weighted by Crippen LogP contribution is -1.99. The minimum atomic E-state index is 1.03. The molecule has 0 heterocycles. The van der Waals surface area contributed by atoms with E-state index in [9.17, 15) is 0 Å². The van der Waals surface area contributed by atoms with Gasteiger partial charge in [-0.15, -0.1) is 6.58 Å². The highest BCUT2D eigenvalue weighted by Crippen LogP contribution is 2.20. The number of unbranched alkanes of at least 4 members (excludes halogenated alkanes) is 3. The summed E-state index contributed by atoms with van der Waals surface area (Å²) in [5, 5.41) is 0. The normalized spacial score (nSPS) is 9.08. The minimum absolute atomic E-state index is 1.03. The van der Waals surface area contributed by atoms with Crippen LogP contribution >= 0.6 is 0 Å². The van der Waals surface area contributed by atoms with E-state index in [0.29, 0.717) is 0 Å². The van der Waals surface area contributed by atoms with Crippen LogP contribution in [-0.2, 0) is 0 Å². The summed E-state index contributed by atoms with van der Waals surface area (Å²) in [6.45, 7) is 23.2. The molecule has 0 saturated heterocycles. The Balaban J connectivity index is -0.000000139. The van der Waals surface area contributed by atoms with Gasteiger partial charge in [0, 0.05) is 0 Å². The van der Waals surface area contributed by atoms with Crippen molar-refractivity contribution in [3.63, 3.8) is 0 Å². The Morgan fingerprint density at radius 1 is 0.625 bits per heavy atom. The van der Waals surface area contributed by atoms with Gasteiger partial charge in [-0.25, -0.2) is 0 Å². The summed E-state index contributed by atoms with van der Waals surface area (Å²) >= 11 is 0. The second kappa shape index (κ2) is 34.2. The quantitative estimate of drug-likeness (QED) is 0.259. The lowest BCUT2D eigenvalue weighted by Gasteiger charge is -2.14. The van der Waals surface area contributed by atoms with Crippen LogP contribution < -0.4 is 0 Å². The predicted molar refractivity (Wildman–Crippen MR) is 119 cm³/mol. The van der Waals surface area contributed by atoms with Crippen LogP contribution in [0.25, 0.3) is 0 Å². The van der Waals surface area contributed by atoms with E-state index in [0.717, 1.165) is 5.92 Å². The molecule has 0 fully saturated rings. The summed E-state index contributed by atoms with van der Waals surface area (Å²) in [4.78, 5) is 0. The SMILES string of the molecule is C=C(C)CCC.CC.CCCC.CCCCCC(CCC)CCC. The molecule has 150 valence electrons. The Kier molecular flexibility index (Phi) is 44.8. The molecule has 0 saturated carbocycles. The molecule has 0 heteroatoms. The van der Waals surface area contributed by atoms with Crippen molar-refractivity contribution in [1.29, 1.82) is 0 Å². The van der Waals surface area contributed by atoms with E-state index in [1.807, 2.05) is 13.8 Å². The number of rotatable bonds is 11. The summed E-state index contributed by atoms with van der Waals surface area (Å²) in [6.07, 6.45) is 16.4. The van der Waals surface area contributed by atoms with E-state index in [1.165, 1.54) is 82.6 Å². The molecule has 0 N–H and O–H groups in total. The summed E-state index contributed by atoms with van der Waals surface area (Å²) in [5.41, 5.74) is 1.29. The van der Waals surface area contributed by atoms with Gasteiger partial charge in [-0.3, -0.25) is 0 Å². The molecular weight excluding hydrogens is 288 g/mol. The second-order valence-electron chi connectivity index (χ2n) is 6.65. The smallest absolute Gasteiger partial charge is 0.0328 e. The first-order valence-electron chi connectivity index (χ1n) is 11.2. The van der Waals surface area contributed by atoms with Crippen molar-refractivity contribution in [2.75, 3.05) is 0 Å². The first-order chi connectivity index (χ1) is 11.5. The van der Waals surface area contributed by atoms with Gasteiger partial charge >= 0.3 is 0 Å². The van der Waals surface area contributed by atoms with Gasteiger partial charge in [0.2, 0.25) is 0 Å². The molecule has 0 amide bonds. The zero-order chi connectivity index (χ0) is 19.6. The highest BCUT2D eigenvalue weighted by Gasteiger charge is 2.05. The van der Waals surface area contributed by atoms with Crippen LogP contribution in [0.4, 0.5) is 0 Å². The number of allylic oxidation sites excluding steroid dienone is 1. The Morgan fingerprint density at radius 2 is 1.08 bits per heavy atom. The van der Waals surface area contributed by atoms with Crippen LogP contribution in [0.2, 0.25) is 0 Å². The predicted octanol–water partition coefficient (Wildman–Crippen LogP) is 9.98.